The van der Waals surface area contributed by atoms with Gasteiger partial charge in [0.2, 0.25) is 0 Å². The lowest BCUT2D eigenvalue weighted by molar-refractivity contribution is -0.107. The summed E-state index contributed by atoms with van der Waals surface area (Å²) in [5.74, 6) is 0. The Kier molecular flexibility index (Phi) is 15.3. The first-order valence-corrected chi connectivity index (χ1v) is 8.80. The molecule has 0 rings (SSSR count). The maximum atomic E-state index is 10.2. The molecule has 0 aliphatic rings. The molecule has 0 fully saturated rings. The second-order valence-corrected chi connectivity index (χ2v) is 6.61. The van der Waals surface area contributed by atoms with Crippen LogP contribution < -0.4 is 0 Å². The van der Waals surface area contributed by atoms with E-state index in [2.05, 4.69) is 22.9 Å². The second-order valence-electron chi connectivity index (χ2n) is 5.31. The zero-order valence-electron chi connectivity index (χ0n) is 12.1. The van der Waals surface area contributed by atoms with Crippen molar-refractivity contribution in [3.8, 4) is 0 Å². The minimum absolute atomic E-state index is 0.553. The smallest absolute Gasteiger partial charge is 0.120 e. The summed E-state index contributed by atoms with van der Waals surface area (Å²) in [6, 6.07) is 0. The number of hydrogen-bond donors (Lipinski definition) is 0. The number of unbranched alkanes of at least 4 members (excludes halogenated alkanes) is 9. The lowest BCUT2D eigenvalue weighted by Gasteiger charge is -2.07. The number of rotatable bonds is 14. The average Bonchev–Trinajstić information content (AvgIpc) is 2.38. The zero-order chi connectivity index (χ0) is 13.5. The highest BCUT2D eigenvalue weighted by molar-refractivity contribution is 9.09. The van der Waals surface area contributed by atoms with Gasteiger partial charge in [0.05, 0.1) is 0 Å². The van der Waals surface area contributed by atoms with Gasteiger partial charge in [0.1, 0.15) is 6.29 Å². The molecule has 0 saturated heterocycles. The lowest BCUT2D eigenvalue weighted by atomic mass is 10.0. The predicted molar refractivity (Wildman–Crippen MR) is 84.5 cm³/mol. The van der Waals surface area contributed by atoms with E-state index >= 15 is 0 Å². The van der Waals surface area contributed by atoms with Crippen molar-refractivity contribution in [1.82, 2.24) is 0 Å². The van der Waals surface area contributed by atoms with Crippen LogP contribution in [-0.4, -0.2) is 11.1 Å². The molecular weight excluding hydrogens is 288 g/mol. The van der Waals surface area contributed by atoms with Crippen molar-refractivity contribution >= 4 is 22.2 Å². The highest BCUT2D eigenvalue weighted by atomic mass is 79.9. The number of hydrogen-bond acceptors (Lipinski definition) is 1. The third-order valence-electron chi connectivity index (χ3n) is 3.47. The quantitative estimate of drug-likeness (QED) is 0.217. The molecule has 108 valence electrons. The van der Waals surface area contributed by atoms with Crippen molar-refractivity contribution < 1.29 is 4.79 Å². The molecule has 0 aliphatic carbocycles. The van der Waals surface area contributed by atoms with Crippen molar-refractivity contribution in [3.05, 3.63) is 0 Å². The fourth-order valence-corrected chi connectivity index (χ4v) is 2.83. The van der Waals surface area contributed by atoms with Crippen molar-refractivity contribution in [2.75, 3.05) is 0 Å². The standard InChI is InChI=1S/C16H31BrO/c1-2-3-4-5-6-7-8-9-10-11-13-16(17)14-12-15-18/h15-16H,2-14H2,1H3. The molecule has 0 aromatic heterocycles. The van der Waals surface area contributed by atoms with Crippen LogP contribution in [0.3, 0.4) is 0 Å². The molecule has 0 saturated carbocycles. The Bertz CT molecular complexity index is 170. The molecule has 1 nitrogen and oxygen atoms in total. The summed E-state index contributed by atoms with van der Waals surface area (Å²) in [6.45, 7) is 2.27. The fourth-order valence-electron chi connectivity index (χ4n) is 2.25. The summed E-state index contributed by atoms with van der Waals surface area (Å²) in [5, 5.41) is 0. The molecule has 0 heterocycles. The lowest BCUT2D eigenvalue weighted by Crippen LogP contribution is -1.97. The van der Waals surface area contributed by atoms with Crippen LogP contribution in [0.1, 0.15) is 90.4 Å². The Hall–Kier alpha value is 0.150. The van der Waals surface area contributed by atoms with E-state index < -0.39 is 0 Å². The summed E-state index contributed by atoms with van der Waals surface area (Å²) < 4.78 is 0. The van der Waals surface area contributed by atoms with E-state index in [9.17, 15) is 4.79 Å². The molecule has 0 bridgehead atoms. The molecule has 0 spiro atoms. The van der Waals surface area contributed by atoms with Gasteiger partial charge in [-0.2, -0.15) is 0 Å². The van der Waals surface area contributed by atoms with E-state index in [1.807, 2.05) is 0 Å². The van der Waals surface area contributed by atoms with Crippen LogP contribution in [0.4, 0.5) is 0 Å². The van der Waals surface area contributed by atoms with E-state index in [4.69, 9.17) is 0 Å². The SMILES string of the molecule is CCCCCCCCCCCCC(Br)CCC=O. The van der Waals surface area contributed by atoms with Gasteiger partial charge in [0, 0.05) is 11.2 Å². The Balaban J connectivity index is 3.04. The van der Waals surface area contributed by atoms with Crippen LogP contribution in [-0.2, 0) is 4.79 Å². The minimum Gasteiger partial charge on any atom is -0.303 e. The third-order valence-corrected chi connectivity index (χ3v) is 4.38. The van der Waals surface area contributed by atoms with Gasteiger partial charge < -0.3 is 4.79 Å². The topological polar surface area (TPSA) is 17.1 Å². The molecule has 1 unspecified atom stereocenters. The van der Waals surface area contributed by atoms with E-state index in [1.54, 1.807) is 0 Å². The normalized spacial score (nSPS) is 12.6. The molecule has 0 aliphatic heterocycles. The van der Waals surface area contributed by atoms with Crippen molar-refractivity contribution in [2.24, 2.45) is 0 Å². The number of aldehydes is 1. The van der Waals surface area contributed by atoms with Crippen LogP contribution >= 0.6 is 15.9 Å². The summed E-state index contributed by atoms with van der Waals surface area (Å²) in [5.41, 5.74) is 0. The summed E-state index contributed by atoms with van der Waals surface area (Å²) in [7, 11) is 0. The van der Waals surface area contributed by atoms with Crippen molar-refractivity contribution in [3.63, 3.8) is 0 Å². The molecule has 18 heavy (non-hydrogen) atoms. The first-order valence-electron chi connectivity index (χ1n) is 7.89. The van der Waals surface area contributed by atoms with E-state index in [1.165, 1.54) is 70.6 Å². The van der Waals surface area contributed by atoms with E-state index in [0.29, 0.717) is 11.2 Å². The Labute approximate surface area is 122 Å². The van der Waals surface area contributed by atoms with Crippen LogP contribution in [0.15, 0.2) is 0 Å². The van der Waals surface area contributed by atoms with Crippen LogP contribution in [0.5, 0.6) is 0 Å². The number of carbonyl (C=O) groups is 1. The molecule has 0 aromatic rings. The van der Waals surface area contributed by atoms with Crippen molar-refractivity contribution in [1.29, 1.82) is 0 Å². The van der Waals surface area contributed by atoms with Gasteiger partial charge in [0.15, 0.2) is 0 Å². The molecule has 1 atom stereocenters. The minimum atomic E-state index is 0.553. The second kappa shape index (κ2) is 15.2. The summed E-state index contributed by atoms with van der Waals surface area (Å²) in [6.07, 6.45) is 17.9. The van der Waals surface area contributed by atoms with Gasteiger partial charge >= 0.3 is 0 Å². The first-order chi connectivity index (χ1) is 8.81. The summed E-state index contributed by atoms with van der Waals surface area (Å²) in [4.78, 5) is 10.8. The average molecular weight is 319 g/mol. The van der Waals surface area contributed by atoms with E-state index in [0.717, 1.165) is 12.7 Å². The number of alkyl halides is 1. The zero-order valence-corrected chi connectivity index (χ0v) is 13.7. The number of halogens is 1. The Morgan fingerprint density at radius 3 is 1.83 bits per heavy atom. The van der Waals surface area contributed by atoms with Crippen LogP contribution in [0.2, 0.25) is 0 Å². The maximum absolute atomic E-state index is 10.2. The maximum Gasteiger partial charge on any atom is 0.120 e. The molecule has 0 radical (unpaired) electrons. The molecule has 0 aromatic carbocycles. The fraction of sp³-hybridized carbons (Fsp3) is 0.938. The summed E-state index contributed by atoms with van der Waals surface area (Å²) >= 11 is 3.64. The van der Waals surface area contributed by atoms with Gasteiger partial charge in [-0.15, -0.1) is 0 Å². The predicted octanol–water partition coefficient (Wildman–Crippen LogP) is 6.04. The van der Waals surface area contributed by atoms with Gasteiger partial charge in [-0.25, -0.2) is 0 Å². The van der Waals surface area contributed by atoms with Gasteiger partial charge in [-0.3, -0.25) is 0 Å². The molecule has 2 heteroatoms. The Morgan fingerprint density at radius 1 is 0.833 bits per heavy atom. The van der Waals surface area contributed by atoms with Crippen molar-refractivity contribution in [2.45, 2.75) is 95.2 Å². The third kappa shape index (κ3) is 14.2. The van der Waals surface area contributed by atoms with Gasteiger partial charge in [-0.05, 0) is 12.8 Å². The largest absolute Gasteiger partial charge is 0.303 e. The van der Waals surface area contributed by atoms with E-state index in [-0.39, 0.29) is 0 Å². The first kappa shape index (κ1) is 18.1. The Morgan fingerprint density at radius 2 is 1.33 bits per heavy atom. The molecular formula is C16H31BrO. The number of carbonyl (C=O) groups excluding carboxylic acids is 1. The molecule has 0 amide bonds. The molecule has 0 N–H and O–H groups in total. The monoisotopic (exact) mass is 318 g/mol. The highest BCUT2D eigenvalue weighted by Crippen LogP contribution is 2.17. The van der Waals surface area contributed by atoms with Gasteiger partial charge in [-0.1, -0.05) is 87.1 Å². The van der Waals surface area contributed by atoms with Crippen LogP contribution in [0.25, 0.3) is 0 Å². The van der Waals surface area contributed by atoms with Gasteiger partial charge in [0.25, 0.3) is 0 Å². The highest BCUT2D eigenvalue weighted by Gasteiger charge is 2.02. The van der Waals surface area contributed by atoms with Crippen LogP contribution in [0, 0.1) is 0 Å².